The van der Waals surface area contributed by atoms with E-state index in [-0.39, 0.29) is 0 Å². The Morgan fingerprint density at radius 2 is 0.727 bits per heavy atom. The number of anilines is 3. The highest BCUT2D eigenvalue weighted by molar-refractivity contribution is 5.55. The van der Waals surface area contributed by atoms with Crippen molar-refractivity contribution in [1.82, 2.24) is 9.97 Å². The highest BCUT2D eigenvalue weighted by Crippen LogP contribution is 2.25. The van der Waals surface area contributed by atoms with Crippen LogP contribution in [0.3, 0.4) is 0 Å². The summed E-state index contributed by atoms with van der Waals surface area (Å²) in [5.41, 5.74) is 0. The number of hydrogen-bond donors (Lipinski definition) is 0. The molecule has 0 N–H and O–H groups in total. The van der Waals surface area contributed by atoms with Crippen LogP contribution in [0.5, 0.6) is 0 Å². The van der Waals surface area contributed by atoms with E-state index in [2.05, 4.69) is 62.3 Å². The molecule has 0 aliphatic carbocycles. The fraction of sp³-hybridized carbons (Fsp3) is 0.857. The molecule has 0 aliphatic rings. The predicted octanol–water partition coefficient (Wildman–Crippen LogP) is 7.70. The third kappa shape index (κ3) is 11.4. The molecule has 0 atom stereocenters. The first-order valence-electron chi connectivity index (χ1n) is 14.3. The van der Waals surface area contributed by atoms with Crippen molar-refractivity contribution in [3.63, 3.8) is 0 Å². The van der Waals surface area contributed by atoms with Crippen LogP contribution in [0.25, 0.3) is 0 Å². The van der Waals surface area contributed by atoms with E-state index in [1.54, 1.807) is 0 Å². The monoisotopic (exact) mass is 461 g/mol. The Morgan fingerprint density at radius 3 is 1.00 bits per heavy atom. The van der Waals surface area contributed by atoms with Crippen molar-refractivity contribution in [2.75, 3.05) is 54.0 Å². The van der Waals surface area contributed by atoms with Crippen LogP contribution in [-0.2, 0) is 0 Å². The van der Waals surface area contributed by atoms with Gasteiger partial charge in [-0.15, -0.1) is 0 Å². The van der Waals surface area contributed by atoms with E-state index in [1.165, 1.54) is 77.0 Å². The zero-order valence-corrected chi connectivity index (χ0v) is 23.0. The van der Waals surface area contributed by atoms with E-state index in [0.29, 0.717) is 0 Å². The van der Waals surface area contributed by atoms with Gasteiger partial charge >= 0.3 is 0 Å². The molecule has 0 radical (unpaired) electrons. The van der Waals surface area contributed by atoms with Crippen molar-refractivity contribution in [2.45, 2.75) is 119 Å². The molecule has 5 heteroatoms. The molecule has 0 saturated carbocycles. The molecule has 0 aliphatic heterocycles. The molecular formula is C28H55N5. The van der Waals surface area contributed by atoms with Crippen molar-refractivity contribution in [3.05, 3.63) is 6.07 Å². The van der Waals surface area contributed by atoms with Gasteiger partial charge in [0.1, 0.15) is 11.6 Å². The van der Waals surface area contributed by atoms with Crippen molar-refractivity contribution in [2.24, 2.45) is 0 Å². The summed E-state index contributed by atoms with van der Waals surface area (Å²) >= 11 is 0. The molecule has 0 saturated heterocycles. The van der Waals surface area contributed by atoms with E-state index in [1.807, 2.05) is 0 Å². The molecule has 0 spiro atoms. The number of hydrogen-bond acceptors (Lipinski definition) is 5. The van der Waals surface area contributed by atoms with Crippen LogP contribution in [0.4, 0.5) is 17.6 Å². The van der Waals surface area contributed by atoms with Gasteiger partial charge in [0.05, 0.1) is 0 Å². The SMILES string of the molecule is CCCCN(CCCC)c1cc(N(CCCC)CCCC)nc(N(CCCC)CCCC)n1. The van der Waals surface area contributed by atoms with Crippen LogP contribution in [0.1, 0.15) is 119 Å². The van der Waals surface area contributed by atoms with Crippen LogP contribution < -0.4 is 14.7 Å². The van der Waals surface area contributed by atoms with Gasteiger partial charge in [-0.1, -0.05) is 80.1 Å². The Morgan fingerprint density at radius 1 is 0.455 bits per heavy atom. The lowest BCUT2D eigenvalue weighted by molar-refractivity contribution is 0.644. The summed E-state index contributed by atoms with van der Waals surface area (Å²) in [7, 11) is 0. The van der Waals surface area contributed by atoms with Gasteiger partial charge < -0.3 is 14.7 Å². The van der Waals surface area contributed by atoms with E-state index in [9.17, 15) is 0 Å². The average molecular weight is 462 g/mol. The minimum absolute atomic E-state index is 0.945. The summed E-state index contributed by atoms with van der Waals surface area (Å²) < 4.78 is 0. The maximum absolute atomic E-state index is 5.20. The van der Waals surface area contributed by atoms with Gasteiger partial charge in [-0.2, -0.15) is 9.97 Å². The smallest absolute Gasteiger partial charge is 0.229 e. The summed E-state index contributed by atoms with van der Waals surface area (Å²) in [6, 6.07) is 2.29. The molecule has 0 bridgehead atoms. The maximum atomic E-state index is 5.20. The first-order valence-corrected chi connectivity index (χ1v) is 14.3. The third-order valence-electron chi connectivity index (χ3n) is 6.31. The molecule has 0 aromatic carbocycles. The number of aromatic nitrogens is 2. The topological polar surface area (TPSA) is 35.5 Å². The van der Waals surface area contributed by atoms with Gasteiger partial charge in [0.15, 0.2) is 0 Å². The zero-order chi connectivity index (χ0) is 24.3. The second kappa shape index (κ2) is 18.9. The minimum atomic E-state index is 0.945. The summed E-state index contributed by atoms with van der Waals surface area (Å²) in [6.45, 7) is 20.1. The Labute approximate surface area is 206 Å². The Bertz CT molecular complexity index is 474. The van der Waals surface area contributed by atoms with Crippen LogP contribution in [0.2, 0.25) is 0 Å². The minimum Gasteiger partial charge on any atom is -0.356 e. The van der Waals surface area contributed by atoms with Crippen molar-refractivity contribution < 1.29 is 0 Å². The fourth-order valence-electron chi connectivity index (χ4n) is 3.96. The second-order valence-corrected chi connectivity index (χ2v) is 9.47. The predicted molar refractivity (Wildman–Crippen MR) is 148 cm³/mol. The second-order valence-electron chi connectivity index (χ2n) is 9.47. The van der Waals surface area contributed by atoms with E-state index in [4.69, 9.17) is 9.97 Å². The van der Waals surface area contributed by atoms with Crippen LogP contribution in [-0.4, -0.2) is 49.2 Å². The molecule has 1 heterocycles. The van der Waals surface area contributed by atoms with Gasteiger partial charge in [-0.3, -0.25) is 0 Å². The highest BCUT2D eigenvalue weighted by Gasteiger charge is 2.18. The third-order valence-corrected chi connectivity index (χ3v) is 6.31. The standard InChI is InChI=1S/C28H55N5/c1-7-13-19-31(20-14-8-2)26-25-27(32(21-15-9-3)22-16-10-4)30-28(29-26)33(23-17-11-5)24-18-12-6/h25H,7-24H2,1-6H3. The van der Waals surface area contributed by atoms with Crippen molar-refractivity contribution >= 4 is 17.6 Å². The zero-order valence-electron chi connectivity index (χ0n) is 23.0. The van der Waals surface area contributed by atoms with E-state index >= 15 is 0 Å². The maximum Gasteiger partial charge on any atom is 0.229 e. The summed E-state index contributed by atoms with van der Waals surface area (Å²) in [5, 5.41) is 0. The van der Waals surface area contributed by atoms with Gasteiger partial charge in [0, 0.05) is 45.3 Å². The van der Waals surface area contributed by atoms with Crippen LogP contribution >= 0.6 is 0 Å². The molecule has 0 unspecified atom stereocenters. The largest absolute Gasteiger partial charge is 0.356 e. The normalized spacial score (nSPS) is 11.1. The summed E-state index contributed by atoms with van der Waals surface area (Å²) in [4.78, 5) is 17.9. The molecule has 1 aromatic rings. The molecule has 0 amide bonds. The lowest BCUT2D eigenvalue weighted by Crippen LogP contribution is -2.33. The molecule has 1 aromatic heterocycles. The Kier molecular flexibility index (Phi) is 16.9. The first-order chi connectivity index (χ1) is 16.1. The van der Waals surface area contributed by atoms with E-state index in [0.717, 1.165) is 56.9 Å². The number of unbranched alkanes of at least 4 members (excludes halogenated alkanes) is 6. The van der Waals surface area contributed by atoms with E-state index < -0.39 is 0 Å². The Balaban J connectivity index is 3.43. The molecule has 1 rings (SSSR count). The summed E-state index contributed by atoms with van der Waals surface area (Å²) in [5.74, 6) is 3.21. The number of nitrogens with zero attached hydrogens (tertiary/aromatic N) is 5. The summed E-state index contributed by atoms with van der Waals surface area (Å²) in [6.07, 6.45) is 14.5. The quantitative estimate of drug-likeness (QED) is 0.187. The molecule has 0 fully saturated rings. The first kappa shape index (κ1) is 29.5. The van der Waals surface area contributed by atoms with Gasteiger partial charge in [0.2, 0.25) is 5.95 Å². The van der Waals surface area contributed by atoms with Gasteiger partial charge in [-0.25, -0.2) is 0 Å². The van der Waals surface area contributed by atoms with Crippen LogP contribution in [0, 0.1) is 0 Å². The number of rotatable bonds is 21. The highest BCUT2D eigenvalue weighted by atomic mass is 15.3. The lowest BCUT2D eigenvalue weighted by Gasteiger charge is -2.30. The Hall–Kier alpha value is -1.52. The van der Waals surface area contributed by atoms with Crippen molar-refractivity contribution in [1.29, 1.82) is 0 Å². The molecule has 5 nitrogen and oxygen atoms in total. The molecule has 192 valence electrons. The fourth-order valence-corrected chi connectivity index (χ4v) is 3.96. The molecule has 33 heavy (non-hydrogen) atoms. The lowest BCUT2D eigenvalue weighted by atomic mass is 10.2. The molecular weight excluding hydrogens is 406 g/mol. The van der Waals surface area contributed by atoms with Gasteiger partial charge in [-0.05, 0) is 38.5 Å². The van der Waals surface area contributed by atoms with Crippen LogP contribution in [0.15, 0.2) is 6.07 Å². The van der Waals surface area contributed by atoms with Gasteiger partial charge in [0.25, 0.3) is 0 Å². The average Bonchev–Trinajstić information content (AvgIpc) is 2.84. The van der Waals surface area contributed by atoms with Crippen molar-refractivity contribution in [3.8, 4) is 0 Å².